The van der Waals surface area contributed by atoms with Gasteiger partial charge in [0.05, 0.1) is 0 Å². The Morgan fingerprint density at radius 2 is 1.05 bits per heavy atom. The third kappa shape index (κ3) is 3.93. The summed E-state index contributed by atoms with van der Waals surface area (Å²) in [7, 11) is 0. The van der Waals surface area contributed by atoms with Crippen molar-refractivity contribution in [2.45, 2.75) is 19.3 Å². The van der Waals surface area contributed by atoms with Gasteiger partial charge in [-0.05, 0) is 39.4 Å². The van der Waals surface area contributed by atoms with E-state index < -0.39 is 0 Å². The maximum atomic E-state index is 5.07. The highest BCUT2D eigenvalue weighted by Crippen LogP contribution is 2.51. The van der Waals surface area contributed by atoms with Gasteiger partial charge in [-0.1, -0.05) is 117 Å². The Morgan fingerprint density at radius 3 is 1.79 bits per heavy atom. The summed E-state index contributed by atoms with van der Waals surface area (Å²) in [6, 6.07) is 37.6. The Morgan fingerprint density at radius 1 is 0.462 bits per heavy atom. The third-order valence-corrected chi connectivity index (χ3v) is 7.65. The van der Waals surface area contributed by atoms with E-state index in [0.29, 0.717) is 17.5 Å². The van der Waals surface area contributed by atoms with Gasteiger partial charge in [0, 0.05) is 34.5 Å². The molecule has 0 amide bonds. The van der Waals surface area contributed by atoms with E-state index in [2.05, 4.69) is 91.6 Å². The number of hydrogen-bond acceptors (Lipinski definition) is 4. The van der Waals surface area contributed by atoms with Crippen molar-refractivity contribution in [2.24, 2.45) is 0 Å². The molecule has 0 atom stereocenters. The van der Waals surface area contributed by atoms with Gasteiger partial charge < -0.3 is 0 Å². The van der Waals surface area contributed by atoms with E-state index in [1.165, 1.54) is 22.3 Å². The first kappa shape index (κ1) is 23.2. The SMILES string of the molecule is CC1(C)c2ccccc2-c2c(-c3nc(-c4ccccc4)nc(-c4ccc(-c5cccnc5)cc4)n3)cccc21. The van der Waals surface area contributed by atoms with Crippen molar-refractivity contribution >= 4 is 0 Å². The van der Waals surface area contributed by atoms with Gasteiger partial charge >= 0.3 is 0 Å². The molecule has 4 heteroatoms. The predicted molar refractivity (Wildman–Crippen MR) is 157 cm³/mol. The molecule has 186 valence electrons. The zero-order chi connectivity index (χ0) is 26.4. The van der Waals surface area contributed by atoms with Crippen molar-refractivity contribution in [3.63, 3.8) is 0 Å². The summed E-state index contributed by atoms with van der Waals surface area (Å²) in [5.74, 6) is 1.99. The van der Waals surface area contributed by atoms with E-state index in [4.69, 9.17) is 15.0 Å². The van der Waals surface area contributed by atoms with E-state index in [0.717, 1.165) is 27.8 Å². The van der Waals surface area contributed by atoms with Crippen LogP contribution in [0.15, 0.2) is 122 Å². The summed E-state index contributed by atoms with van der Waals surface area (Å²) in [5.41, 5.74) is 10.1. The van der Waals surface area contributed by atoms with Gasteiger partial charge in [0.25, 0.3) is 0 Å². The molecule has 1 aliphatic rings. The predicted octanol–water partition coefficient (Wildman–Crippen LogP) is 8.24. The second kappa shape index (κ2) is 9.10. The zero-order valence-electron chi connectivity index (χ0n) is 21.8. The average molecular weight is 503 g/mol. The molecule has 0 N–H and O–H groups in total. The quantitative estimate of drug-likeness (QED) is 0.244. The molecule has 2 heterocycles. The van der Waals surface area contributed by atoms with Crippen molar-refractivity contribution < 1.29 is 0 Å². The first-order valence-electron chi connectivity index (χ1n) is 13.2. The van der Waals surface area contributed by atoms with E-state index >= 15 is 0 Å². The Kier molecular flexibility index (Phi) is 5.41. The van der Waals surface area contributed by atoms with Crippen LogP contribution in [-0.4, -0.2) is 19.9 Å². The van der Waals surface area contributed by atoms with Gasteiger partial charge in [0.2, 0.25) is 0 Å². The van der Waals surface area contributed by atoms with Crippen LogP contribution in [0.1, 0.15) is 25.0 Å². The van der Waals surface area contributed by atoms with E-state index in [1.807, 2.05) is 42.6 Å². The molecule has 0 spiro atoms. The highest BCUT2D eigenvalue weighted by Gasteiger charge is 2.37. The molecule has 1 aliphatic carbocycles. The average Bonchev–Trinajstić information content (AvgIpc) is 3.24. The number of hydrogen-bond donors (Lipinski definition) is 0. The second-order valence-electron chi connectivity index (χ2n) is 10.4. The lowest BCUT2D eigenvalue weighted by atomic mass is 9.82. The Labute approximate surface area is 228 Å². The molecule has 0 unspecified atom stereocenters. The lowest BCUT2D eigenvalue weighted by Crippen LogP contribution is -2.14. The van der Waals surface area contributed by atoms with Crippen LogP contribution in [0, 0.1) is 0 Å². The minimum atomic E-state index is -0.0951. The monoisotopic (exact) mass is 502 g/mol. The van der Waals surface area contributed by atoms with Crippen LogP contribution < -0.4 is 0 Å². The molecule has 0 radical (unpaired) electrons. The number of aromatic nitrogens is 4. The number of rotatable bonds is 4. The summed E-state index contributed by atoms with van der Waals surface area (Å²) < 4.78 is 0. The minimum absolute atomic E-state index is 0.0951. The van der Waals surface area contributed by atoms with Crippen molar-refractivity contribution in [2.75, 3.05) is 0 Å². The fraction of sp³-hybridized carbons (Fsp3) is 0.0857. The fourth-order valence-corrected chi connectivity index (χ4v) is 5.63. The molecule has 0 bridgehead atoms. The van der Waals surface area contributed by atoms with Crippen molar-refractivity contribution in [1.29, 1.82) is 0 Å². The first-order valence-corrected chi connectivity index (χ1v) is 13.2. The number of pyridine rings is 1. The smallest absolute Gasteiger partial charge is 0.164 e. The number of fused-ring (bicyclic) bond motifs is 3. The molecular formula is C35H26N4. The lowest BCUT2D eigenvalue weighted by Gasteiger charge is -2.21. The van der Waals surface area contributed by atoms with E-state index in [-0.39, 0.29) is 5.41 Å². The van der Waals surface area contributed by atoms with Gasteiger partial charge in [-0.15, -0.1) is 0 Å². The first-order chi connectivity index (χ1) is 19.1. The molecule has 0 fully saturated rings. The van der Waals surface area contributed by atoms with Crippen LogP contribution in [0.5, 0.6) is 0 Å². The van der Waals surface area contributed by atoms with Gasteiger partial charge in [-0.25, -0.2) is 15.0 Å². The Hall–Kier alpha value is -4.96. The van der Waals surface area contributed by atoms with Crippen molar-refractivity contribution in [1.82, 2.24) is 19.9 Å². The topological polar surface area (TPSA) is 51.6 Å². The molecule has 0 saturated carbocycles. The number of nitrogens with zero attached hydrogens (tertiary/aromatic N) is 4. The largest absolute Gasteiger partial charge is 0.264 e. The molecule has 6 aromatic rings. The van der Waals surface area contributed by atoms with Crippen LogP contribution >= 0.6 is 0 Å². The highest BCUT2D eigenvalue weighted by atomic mass is 15.0. The van der Waals surface area contributed by atoms with Crippen LogP contribution in [0.4, 0.5) is 0 Å². The van der Waals surface area contributed by atoms with Gasteiger partial charge in [0.15, 0.2) is 17.5 Å². The minimum Gasteiger partial charge on any atom is -0.264 e. The number of benzene rings is 4. The Balaban J connectivity index is 1.42. The molecular weight excluding hydrogens is 476 g/mol. The molecule has 4 aromatic carbocycles. The van der Waals surface area contributed by atoms with Gasteiger partial charge in [-0.3, -0.25) is 4.98 Å². The Bertz CT molecular complexity index is 1810. The third-order valence-electron chi connectivity index (χ3n) is 7.65. The van der Waals surface area contributed by atoms with Gasteiger partial charge in [0.1, 0.15) is 0 Å². The van der Waals surface area contributed by atoms with Crippen LogP contribution in [0.25, 0.3) is 56.4 Å². The van der Waals surface area contributed by atoms with E-state index in [9.17, 15) is 0 Å². The fourth-order valence-electron chi connectivity index (χ4n) is 5.63. The van der Waals surface area contributed by atoms with Crippen LogP contribution in [-0.2, 0) is 5.41 Å². The molecule has 7 rings (SSSR count). The summed E-state index contributed by atoms with van der Waals surface area (Å²) in [6.45, 7) is 4.58. The second-order valence-corrected chi connectivity index (χ2v) is 10.4. The maximum Gasteiger partial charge on any atom is 0.164 e. The molecule has 0 saturated heterocycles. The zero-order valence-corrected chi connectivity index (χ0v) is 21.8. The molecule has 39 heavy (non-hydrogen) atoms. The van der Waals surface area contributed by atoms with Crippen LogP contribution in [0.2, 0.25) is 0 Å². The summed E-state index contributed by atoms with van der Waals surface area (Å²) in [4.78, 5) is 19.3. The summed E-state index contributed by atoms with van der Waals surface area (Å²) >= 11 is 0. The maximum absolute atomic E-state index is 5.07. The van der Waals surface area contributed by atoms with Crippen LogP contribution in [0.3, 0.4) is 0 Å². The molecule has 2 aromatic heterocycles. The summed E-state index contributed by atoms with van der Waals surface area (Å²) in [6.07, 6.45) is 3.66. The van der Waals surface area contributed by atoms with Crippen molar-refractivity contribution in [3.8, 4) is 56.4 Å². The normalized spacial score (nSPS) is 13.1. The van der Waals surface area contributed by atoms with Gasteiger partial charge in [-0.2, -0.15) is 0 Å². The van der Waals surface area contributed by atoms with Crippen molar-refractivity contribution in [3.05, 3.63) is 133 Å². The van der Waals surface area contributed by atoms with E-state index in [1.54, 1.807) is 6.20 Å². The highest BCUT2D eigenvalue weighted by molar-refractivity contribution is 5.91. The summed E-state index contributed by atoms with van der Waals surface area (Å²) in [5, 5.41) is 0. The lowest BCUT2D eigenvalue weighted by molar-refractivity contribution is 0.660. The standard InChI is InChI=1S/C35H26N4/c1-35(2)29-15-7-6-13-27(29)31-28(14-8-16-30(31)35)34-38-32(24-10-4-3-5-11-24)37-33(39-34)25-19-17-23(18-20-25)26-12-9-21-36-22-26/h3-22H,1-2H3. The molecule has 4 nitrogen and oxygen atoms in total. The molecule has 0 aliphatic heterocycles.